The van der Waals surface area contributed by atoms with Crippen LogP contribution in [0, 0.1) is 0 Å². The lowest BCUT2D eigenvalue weighted by atomic mass is 10.1. The summed E-state index contributed by atoms with van der Waals surface area (Å²) >= 11 is 6.71. The van der Waals surface area contributed by atoms with Crippen LogP contribution in [-0.2, 0) is 18.9 Å². The molecular formula is C21H19N3O3S2. The molecule has 2 aromatic carbocycles. The van der Waals surface area contributed by atoms with E-state index in [1.807, 2.05) is 55.5 Å². The van der Waals surface area contributed by atoms with E-state index in [0.717, 1.165) is 22.3 Å². The second-order valence-corrected chi connectivity index (χ2v) is 8.27. The minimum atomic E-state index is -0.161. The highest BCUT2D eigenvalue weighted by Crippen LogP contribution is 2.36. The van der Waals surface area contributed by atoms with E-state index in [0.29, 0.717) is 21.5 Å². The van der Waals surface area contributed by atoms with Crippen molar-refractivity contribution >= 4 is 57.0 Å². The van der Waals surface area contributed by atoms with Crippen molar-refractivity contribution in [1.82, 2.24) is 9.13 Å². The van der Waals surface area contributed by atoms with Gasteiger partial charge in [0.1, 0.15) is 5.75 Å². The van der Waals surface area contributed by atoms with E-state index >= 15 is 0 Å². The van der Waals surface area contributed by atoms with Crippen LogP contribution in [0.4, 0.5) is 5.69 Å². The first-order valence-corrected chi connectivity index (χ1v) is 10.3. The third-order valence-electron chi connectivity index (χ3n) is 4.79. The van der Waals surface area contributed by atoms with E-state index in [9.17, 15) is 9.59 Å². The van der Waals surface area contributed by atoms with E-state index in [1.165, 1.54) is 16.7 Å². The summed E-state index contributed by atoms with van der Waals surface area (Å²) in [6, 6.07) is 13.0. The van der Waals surface area contributed by atoms with E-state index in [1.54, 1.807) is 23.2 Å². The van der Waals surface area contributed by atoms with Gasteiger partial charge in [-0.3, -0.25) is 18.8 Å². The van der Waals surface area contributed by atoms with E-state index in [-0.39, 0.29) is 11.6 Å². The van der Waals surface area contributed by atoms with Crippen molar-refractivity contribution in [2.24, 2.45) is 14.1 Å². The van der Waals surface area contributed by atoms with Gasteiger partial charge in [-0.25, -0.2) is 4.79 Å². The Morgan fingerprint density at radius 1 is 1.03 bits per heavy atom. The van der Waals surface area contributed by atoms with Crippen molar-refractivity contribution in [3.63, 3.8) is 0 Å². The summed E-state index contributed by atoms with van der Waals surface area (Å²) in [6.45, 7) is 2.51. The van der Waals surface area contributed by atoms with Crippen LogP contribution in [0.3, 0.4) is 0 Å². The monoisotopic (exact) mass is 425 g/mol. The lowest BCUT2D eigenvalue weighted by molar-refractivity contribution is -0.113. The molecule has 1 fully saturated rings. The predicted octanol–water partition coefficient (Wildman–Crippen LogP) is 3.68. The van der Waals surface area contributed by atoms with Gasteiger partial charge in [0.25, 0.3) is 5.91 Å². The number of hydrogen-bond acceptors (Lipinski definition) is 5. The van der Waals surface area contributed by atoms with Crippen LogP contribution in [0.5, 0.6) is 5.75 Å². The number of thiocarbonyl (C=S) groups is 1. The van der Waals surface area contributed by atoms with Gasteiger partial charge in [0.05, 0.1) is 28.2 Å². The molecule has 8 heteroatoms. The number of fused-ring (bicyclic) bond motifs is 1. The second-order valence-electron chi connectivity index (χ2n) is 6.59. The summed E-state index contributed by atoms with van der Waals surface area (Å²) in [4.78, 5) is 27.2. The van der Waals surface area contributed by atoms with Crippen molar-refractivity contribution in [3.05, 3.63) is 63.4 Å². The van der Waals surface area contributed by atoms with E-state index < -0.39 is 0 Å². The number of anilines is 1. The molecule has 4 rings (SSSR count). The number of amides is 1. The highest BCUT2D eigenvalue weighted by Gasteiger charge is 2.33. The first-order chi connectivity index (χ1) is 13.9. The molecular weight excluding hydrogens is 406 g/mol. The van der Waals surface area contributed by atoms with Gasteiger partial charge in [0, 0.05) is 14.1 Å². The molecule has 2 heterocycles. The van der Waals surface area contributed by atoms with Crippen molar-refractivity contribution in [3.8, 4) is 5.75 Å². The number of nitrogens with zero attached hydrogens (tertiary/aromatic N) is 3. The summed E-state index contributed by atoms with van der Waals surface area (Å²) in [6.07, 6.45) is 1.81. The van der Waals surface area contributed by atoms with Crippen LogP contribution in [0.2, 0.25) is 0 Å². The van der Waals surface area contributed by atoms with Crippen molar-refractivity contribution < 1.29 is 9.53 Å². The summed E-state index contributed by atoms with van der Waals surface area (Å²) in [5, 5.41) is 0. The van der Waals surface area contributed by atoms with E-state index in [4.69, 9.17) is 17.0 Å². The van der Waals surface area contributed by atoms with Crippen LogP contribution in [0.1, 0.15) is 12.5 Å². The largest absolute Gasteiger partial charge is 0.494 e. The predicted molar refractivity (Wildman–Crippen MR) is 121 cm³/mol. The third-order valence-corrected chi connectivity index (χ3v) is 6.10. The summed E-state index contributed by atoms with van der Waals surface area (Å²) < 4.78 is 9.13. The molecule has 29 heavy (non-hydrogen) atoms. The van der Waals surface area contributed by atoms with Crippen molar-refractivity contribution in [1.29, 1.82) is 0 Å². The molecule has 0 bridgehead atoms. The maximum absolute atomic E-state index is 13.0. The number of aromatic nitrogens is 2. The number of hydrogen-bond donors (Lipinski definition) is 0. The van der Waals surface area contributed by atoms with Gasteiger partial charge in [0.15, 0.2) is 4.32 Å². The van der Waals surface area contributed by atoms with Crippen LogP contribution in [-0.4, -0.2) is 26.0 Å². The lowest BCUT2D eigenvalue weighted by Crippen LogP contribution is -2.27. The highest BCUT2D eigenvalue weighted by atomic mass is 32.2. The number of thioether (sulfide) groups is 1. The molecule has 0 N–H and O–H groups in total. The van der Waals surface area contributed by atoms with Crippen LogP contribution in [0.25, 0.3) is 17.1 Å². The Bertz CT molecular complexity index is 1220. The quantitative estimate of drug-likeness (QED) is 0.471. The molecule has 1 aliphatic rings. The number of aryl methyl sites for hydroxylation is 2. The zero-order valence-corrected chi connectivity index (χ0v) is 17.8. The molecule has 1 aromatic heterocycles. The van der Waals surface area contributed by atoms with Gasteiger partial charge in [-0.05, 0) is 55.0 Å². The minimum Gasteiger partial charge on any atom is -0.494 e. The zero-order valence-electron chi connectivity index (χ0n) is 16.2. The molecule has 0 saturated carbocycles. The molecule has 6 nitrogen and oxygen atoms in total. The fraction of sp³-hybridized carbons (Fsp3) is 0.190. The SMILES string of the molecule is CCOc1ccc(N2C(=O)/C(=C\c3ccc4c(c3)n(C)c(=O)n4C)SC2=S)cc1. The smallest absolute Gasteiger partial charge is 0.328 e. The molecule has 1 aliphatic heterocycles. The van der Waals surface area contributed by atoms with Gasteiger partial charge < -0.3 is 4.74 Å². The average Bonchev–Trinajstić information content (AvgIpc) is 3.11. The highest BCUT2D eigenvalue weighted by molar-refractivity contribution is 8.27. The first-order valence-electron chi connectivity index (χ1n) is 9.07. The van der Waals surface area contributed by atoms with Crippen molar-refractivity contribution in [2.45, 2.75) is 6.92 Å². The van der Waals surface area contributed by atoms with Crippen LogP contribution >= 0.6 is 24.0 Å². The molecule has 1 amide bonds. The molecule has 0 aliphatic carbocycles. The van der Waals surface area contributed by atoms with Gasteiger partial charge in [0.2, 0.25) is 0 Å². The molecule has 148 valence electrons. The van der Waals surface area contributed by atoms with Crippen LogP contribution < -0.4 is 15.3 Å². The Morgan fingerprint density at radius 3 is 2.41 bits per heavy atom. The molecule has 1 saturated heterocycles. The van der Waals surface area contributed by atoms with Gasteiger partial charge in [-0.1, -0.05) is 30.0 Å². The number of ether oxygens (including phenoxy) is 1. The number of carbonyl (C=O) groups is 1. The second kappa shape index (κ2) is 7.53. The Hall–Kier alpha value is -2.84. The average molecular weight is 426 g/mol. The van der Waals surface area contributed by atoms with Crippen LogP contribution in [0.15, 0.2) is 52.2 Å². The third kappa shape index (κ3) is 3.38. The number of benzene rings is 2. The summed E-state index contributed by atoms with van der Waals surface area (Å²) in [5.41, 5.74) is 3.12. The summed E-state index contributed by atoms with van der Waals surface area (Å²) in [7, 11) is 3.48. The Morgan fingerprint density at radius 2 is 1.72 bits per heavy atom. The van der Waals surface area contributed by atoms with Gasteiger partial charge in [-0.2, -0.15) is 0 Å². The maximum Gasteiger partial charge on any atom is 0.328 e. The first kappa shape index (κ1) is 19.5. The lowest BCUT2D eigenvalue weighted by Gasteiger charge is -2.15. The van der Waals surface area contributed by atoms with Gasteiger partial charge in [-0.15, -0.1) is 0 Å². The Kier molecular flexibility index (Phi) is 5.06. The molecule has 0 spiro atoms. The minimum absolute atomic E-state index is 0.0843. The molecule has 3 aromatic rings. The van der Waals surface area contributed by atoms with E-state index in [2.05, 4.69) is 0 Å². The summed E-state index contributed by atoms with van der Waals surface area (Å²) in [5.74, 6) is 0.588. The Labute approximate surface area is 177 Å². The molecule has 0 atom stereocenters. The number of carbonyl (C=O) groups excluding carboxylic acids is 1. The fourth-order valence-corrected chi connectivity index (χ4v) is 4.61. The maximum atomic E-state index is 13.0. The number of rotatable bonds is 4. The normalized spacial score (nSPS) is 15.7. The fourth-order valence-electron chi connectivity index (χ4n) is 3.31. The van der Waals surface area contributed by atoms with Gasteiger partial charge >= 0.3 is 5.69 Å². The molecule has 0 radical (unpaired) electrons. The Balaban J connectivity index is 1.66. The van der Waals surface area contributed by atoms with Crippen molar-refractivity contribution in [2.75, 3.05) is 11.5 Å². The number of imidazole rings is 1. The topological polar surface area (TPSA) is 56.5 Å². The molecule has 0 unspecified atom stereocenters. The zero-order chi connectivity index (χ0) is 20.7. The standard InChI is InChI=1S/C21H19N3O3S2/c1-4-27-15-8-6-14(7-9-15)24-19(25)18(29-21(24)28)12-13-5-10-16-17(11-13)23(3)20(26)22(16)2/h5-12H,4H2,1-3H3/b18-12+.